The number of halogens is 2. The Bertz CT molecular complexity index is 502. The van der Waals surface area contributed by atoms with E-state index in [0.29, 0.717) is 16.4 Å². The van der Waals surface area contributed by atoms with Crippen LogP contribution in [0.15, 0.2) is 18.2 Å². The van der Waals surface area contributed by atoms with Gasteiger partial charge in [0.15, 0.2) is 0 Å². The lowest BCUT2D eigenvalue weighted by atomic mass is 10.2. The molecule has 0 aromatic heterocycles. The first-order valence-corrected chi connectivity index (χ1v) is 6.55. The van der Waals surface area contributed by atoms with Gasteiger partial charge in [0, 0.05) is 12.6 Å². The number of benzene rings is 1. The summed E-state index contributed by atoms with van der Waals surface area (Å²) in [6.45, 7) is 2.29. The van der Waals surface area contributed by atoms with Crippen LogP contribution in [0.4, 0.5) is 11.4 Å². The largest absolute Gasteiger partial charge is 0.326 e. The molecule has 1 unspecified atom stereocenters. The van der Waals surface area contributed by atoms with Gasteiger partial charge < -0.3 is 16.0 Å². The second kappa shape index (κ2) is 7.47. The Morgan fingerprint density at radius 1 is 1.35 bits per heavy atom. The predicted molar refractivity (Wildman–Crippen MR) is 82.7 cm³/mol. The Morgan fingerprint density at radius 3 is 2.65 bits per heavy atom. The number of hydrogen-bond donors (Lipinski definition) is 3. The highest BCUT2D eigenvalue weighted by Gasteiger charge is 2.22. The van der Waals surface area contributed by atoms with Crippen molar-refractivity contribution in [3.8, 4) is 0 Å². The molecule has 1 aromatic carbocycles. The van der Waals surface area contributed by atoms with Crippen LogP contribution >= 0.6 is 24.0 Å². The van der Waals surface area contributed by atoms with Gasteiger partial charge in [-0.3, -0.25) is 9.59 Å². The number of hydrogen-bond acceptors (Lipinski definition) is 3. The van der Waals surface area contributed by atoms with E-state index in [9.17, 15) is 9.59 Å². The van der Waals surface area contributed by atoms with E-state index in [0.717, 1.165) is 19.4 Å². The molecule has 0 spiro atoms. The summed E-state index contributed by atoms with van der Waals surface area (Å²) in [5.41, 5.74) is 1.16. The van der Waals surface area contributed by atoms with Crippen LogP contribution in [0.2, 0.25) is 5.02 Å². The highest BCUT2D eigenvalue weighted by molar-refractivity contribution is 6.34. The average molecular weight is 318 g/mol. The molecule has 1 saturated heterocycles. The molecule has 20 heavy (non-hydrogen) atoms. The van der Waals surface area contributed by atoms with E-state index >= 15 is 0 Å². The third-order valence-corrected chi connectivity index (χ3v) is 3.24. The summed E-state index contributed by atoms with van der Waals surface area (Å²) in [5, 5.41) is 8.94. The fraction of sp³-hybridized carbons (Fsp3) is 0.385. The summed E-state index contributed by atoms with van der Waals surface area (Å²) in [6, 6.07) is 4.84. The third kappa shape index (κ3) is 4.37. The van der Waals surface area contributed by atoms with Gasteiger partial charge in [0.25, 0.3) is 0 Å². The zero-order valence-corrected chi connectivity index (χ0v) is 12.6. The summed E-state index contributed by atoms with van der Waals surface area (Å²) >= 11 is 6.08. The lowest BCUT2D eigenvalue weighted by Crippen LogP contribution is -2.35. The fourth-order valence-electron chi connectivity index (χ4n) is 2.03. The lowest BCUT2D eigenvalue weighted by Gasteiger charge is -2.13. The van der Waals surface area contributed by atoms with Crippen molar-refractivity contribution in [3.05, 3.63) is 23.2 Å². The molecule has 0 saturated carbocycles. The Labute approximate surface area is 128 Å². The van der Waals surface area contributed by atoms with E-state index in [1.807, 2.05) is 0 Å². The Kier molecular flexibility index (Phi) is 6.26. The fourth-order valence-corrected chi connectivity index (χ4v) is 2.25. The van der Waals surface area contributed by atoms with E-state index in [1.165, 1.54) is 6.92 Å². The maximum atomic E-state index is 11.9. The first-order valence-electron chi connectivity index (χ1n) is 6.17. The Hall–Kier alpha value is -1.30. The molecule has 1 aromatic rings. The number of carbonyl (C=O) groups is 2. The number of carbonyl (C=O) groups excluding carboxylic acids is 2. The summed E-state index contributed by atoms with van der Waals surface area (Å²) in [4.78, 5) is 22.9. The van der Waals surface area contributed by atoms with Crippen LogP contribution in [0.3, 0.4) is 0 Å². The van der Waals surface area contributed by atoms with Gasteiger partial charge in [-0.25, -0.2) is 0 Å². The molecule has 1 heterocycles. The highest BCUT2D eigenvalue weighted by Crippen LogP contribution is 2.26. The Morgan fingerprint density at radius 2 is 2.10 bits per heavy atom. The molecule has 2 amide bonds. The van der Waals surface area contributed by atoms with Crippen LogP contribution in [0.1, 0.15) is 19.8 Å². The van der Waals surface area contributed by atoms with Gasteiger partial charge >= 0.3 is 0 Å². The molecule has 1 atom stereocenters. The number of amides is 2. The van der Waals surface area contributed by atoms with E-state index in [4.69, 9.17) is 11.6 Å². The maximum absolute atomic E-state index is 11.9. The standard InChI is InChI=1S/C13H16ClN3O2.ClH/c1-8(18)16-9-4-5-11(10(14)7-9)17-13(19)12-3-2-6-15-12;/h4-5,7,12,15H,2-3,6H2,1H3,(H,16,18)(H,17,19);1H. The minimum absolute atomic E-state index is 0. The SMILES string of the molecule is CC(=O)Nc1ccc(NC(=O)C2CCCN2)c(Cl)c1.Cl. The van der Waals surface area contributed by atoms with Crippen LogP contribution in [0.25, 0.3) is 0 Å². The first kappa shape index (κ1) is 16.8. The minimum atomic E-state index is -0.164. The number of rotatable bonds is 3. The van der Waals surface area contributed by atoms with Crippen LogP contribution < -0.4 is 16.0 Å². The van der Waals surface area contributed by atoms with E-state index in [2.05, 4.69) is 16.0 Å². The van der Waals surface area contributed by atoms with Gasteiger partial charge in [-0.1, -0.05) is 11.6 Å². The second-order valence-corrected chi connectivity index (χ2v) is 4.92. The summed E-state index contributed by atoms with van der Waals surface area (Å²) in [7, 11) is 0. The Balaban J connectivity index is 0.00000200. The van der Waals surface area contributed by atoms with Gasteiger partial charge in [0.05, 0.1) is 16.8 Å². The summed E-state index contributed by atoms with van der Waals surface area (Å²) in [6.07, 6.45) is 1.85. The van der Waals surface area contributed by atoms with E-state index < -0.39 is 0 Å². The normalized spacial score (nSPS) is 17.2. The monoisotopic (exact) mass is 317 g/mol. The van der Waals surface area contributed by atoms with Gasteiger partial charge in [-0.15, -0.1) is 12.4 Å². The summed E-state index contributed by atoms with van der Waals surface area (Å²) < 4.78 is 0. The van der Waals surface area contributed by atoms with Crippen molar-refractivity contribution in [2.24, 2.45) is 0 Å². The van der Waals surface area contributed by atoms with Crippen molar-refractivity contribution >= 4 is 47.2 Å². The minimum Gasteiger partial charge on any atom is -0.326 e. The van der Waals surface area contributed by atoms with E-state index in [1.54, 1.807) is 18.2 Å². The molecule has 0 aliphatic carbocycles. The first-order chi connectivity index (χ1) is 9.06. The highest BCUT2D eigenvalue weighted by atomic mass is 35.5. The van der Waals surface area contributed by atoms with E-state index in [-0.39, 0.29) is 30.3 Å². The molecule has 3 N–H and O–H groups in total. The average Bonchev–Trinajstić information content (AvgIpc) is 2.85. The molecule has 2 rings (SSSR count). The van der Waals surface area contributed by atoms with Gasteiger partial charge in [-0.05, 0) is 37.6 Å². The zero-order valence-electron chi connectivity index (χ0n) is 11.0. The quantitative estimate of drug-likeness (QED) is 0.801. The molecule has 0 radical (unpaired) electrons. The molecule has 1 aliphatic rings. The number of anilines is 2. The number of nitrogens with one attached hydrogen (secondary N) is 3. The van der Waals surface area contributed by atoms with Crippen LogP contribution in [-0.4, -0.2) is 24.4 Å². The van der Waals surface area contributed by atoms with Crippen molar-refractivity contribution in [1.29, 1.82) is 0 Å². The van der Waals surface area contributed by atoms with Gasteiger partial charge in [-0.2, -0.15) is 0 Å². The molecular weight excluding hydrogens is 301 g/mol. The topological polar surface area (TPSA) is 70.2 Å². The molecule has 0 bridgehead atoms. The van der Waals surface area contributed by atoms with Gasteiger partial charge in [0.1, 0.15) is 0 Å². The van der Waals surface area contributed by atoms with Crippen molar-refractivity contribution in [1.82, 2.24) is 5.32 Å². The molecule has 1 aliphatic heterocycles. The smallest absolute Gasteiger partial charge is 0.241 e. The summed E-state index contributed by atoms with van der Waals surface area (Å²) in [5.74, 6) is -0.241. The molecule has 5 nitrogen and oxygen atoms in total. The van der Waals surface area contributed by atoms with Crippen LogP contribution in [0, 0.1) is 0 Å². The molecular formula is C13H17Cl2N3O2. The molecule has 1 fully saturated rings. The van der Waals surface area contributed by atoms with Crippen molar-refractivity contribution < 1.29 is 9.59 Å². The second-order valence-electron chi connectivity index (χ2n) is 4.51. The third-order valence-electron chi connectivity index (χ3n) is 2.92. The van der Waals surface area contributed by atoms with Crippen LogP contribution in [0.5, 0.6) is 0 Å². The lowest BCUT2D eigenvalue weighted by molar-refractivity contribution is -0.118. The predicted octanol–water partition coefficient (Wildman–Crippen LogP) is 2.41. The molecule has 110 valence electrons. The molecule has 7 heteroatoms. The van der Waals surface area contributed by atoms with Gasteiger partial charge in [0.2, 0.25) is 11.8 Å². The van der Waals surface area contributed by atoms with Crippen molar-refractivity contribution in [2.75, 3.05) is 17.2 Å². The van der Waals surface area contributed by atoms with Crippen LogP contribution in [-0.2, 0) is 9.59 Å². The van der Waals surface area contributed by atoms with Crippen molar-refractivity contribution in [3.63, 3.8) is 0 Å². The maximum Gasteiger partial charge on any atom is 0.241 e. The van der Waals surface area contributed by atoms with Crippen molar-refractivity contribution in [2.45, 2.75) is 25.8 Å². The zero-order chi connectivity index (χ0) is 13.8.